The summed E-state index contributed by atoms with van der Waals surface area (Å²) in [5.41, 5.74) is 0. The van der Waals surface area contributed by atoms with Gasteiger partial charge < -0.3 is 10.4 Å². The van der Waals surface area contributed by atoms with E-state index in [1.807, 2.05) is 27.7 Å². The number of carboxylic acid groups (broad SMARTS) is 1. The molecule has 5 heteroatoms. The number of carboxylic acids is 1. The Balaban J connectivity index is 4.35. The predicted octanol–water partition coefficient (Wildman–Crippen LogP) is 1.74. The van der Waals surface area contributed by atoms with Crippen molar-refractivity contribution in [2.75, 3.05) is 0 Å². The van der Waals surface area contributed by atoms with E-state index >= 15 is 0 Å². The molecule has 0 rings (SSSR count). The molecule has 94 valence electrons. The third-order valence-electron chi connectivity index (χ3n) is 2.00. The Morgan fingerprint density at radius 2 is 1.62 bits per heavy atom. The van der Waals surface area contributed by atoms with Crippen LogP contribution in [0.4, 0.5) is 0 Å². The first-order valence-electron chi connectivity index (χ1n) is 5.44. The number of aliphatic carboxylic acids is 1. The molecule has 1 amide bonds. The lowest BCUT2D eigenvalue weighted by molar-refractivity contribution is -0.137. The van der Waals surface area contributed by atoms with Crippen molar-refractivity contribution in [3.05, 3.63) is 0 Å². The highest BCUT2D eigenvalue weighted by Gasteiger charge is 2.27. The smallest absolute Gasteiger partial charge is 0.316 e. The fraction of sp³-hybridized carbons (Fsp3) is 0.818. The maximum atomic E-state index is 11.6. The summed E-state index contributed by atoms with van der Waals surface area (Å²) in [5.74, 6) is -0.951. The highest BCUT2D eigenvalue weighted by molar-refractivity contribution is 8.01. The Hall–Kier alpha value is -0.710. The number of rotatable bonds is 6. The zero-order valence-electron chi connectivity index (χ0n) is 10.5. The van der Waals surface area contributed by atoms with Gasteiger partial charge in [-0.25, -0.2) is 0 Å². The molecule has 0 heterocycles. The van der Waals surface area contributed by atoms with Gasteiger partial charge in [-0.1, -0.05) is 13.8 Å². The van der Waals surface area contributed by atoms with Gasteiger partial charge in [0.2, 0.25) is 5.91 Å². The lowest BCUT2D eigenvalue weighted by Gasteiger charge is -2.20. The minimum absolute atomic E-state index is 0.0109. The molecule has 0 saturated carbocycles. The van der Waals surface area contributed by atoms with Crippen LogP contribution < -0.4 is 5.32 Å². The van der Waals surface area contributed by atoms with Gasteiger partial charge in [0, 0.05) is 6.04 Å². The van der Waals surface area contributed by atoms with Crippen molar-refractivity contribution < 1.29 is 14.7 Å². The highest BCUT2D eigenvalue weighted by Crippen LogP contribution is 2.24. The van der Waals surface area contributed by atoms with Crippen LogP contribution in [0.25, 0.3) is 0 Å². The Morgan fingerprint density at radius 3 is 1.94 bits per heavy atom. The molecule has 0 fully saturated rings. The van der Waals surface area contributed by atoms with Crippen LogP contribution in [0.3, 0.4) is 0 Å². The number of nitrogens with one attached hydrogen (secondary N) is 1. The van der Waals surface area contributed by atoms with E-state index in [1.165, 1.54) is 11.8 Å². The van der Waals surface area contributed by atoms with Gasteiger partial charge in [-0.05, 0) is 26.7 Å². The number of hydrogen-bond acceptors (Lipinski definition) is 3. The third kappa shape index (κ3) is 5.39. The molecule has 0 aromatic heterocycles. The first kappa shape index (κ1) is 15.3. The van der Waals surface area contributed by atoms with E-state index in [4.69, 9.17) is 5.11 Å². The van der Waals surface area contributed by atoms with Gasteiger partial charge in [0.1, 0.15) is 5.25 Å². The number of amides is 1. The first-order chi connectivity index (χ1) is 7.25. The molecule has 0 bridgehead atoms. The number of thioether (sulfide) groups is 1. The molecule has 2 N–H and O–H groups in total. The summed E-state index contributed by atoms with van der Waals surface area (Å²) < 4.78 is 0. The molecule has 0 aliphatic heterocycles. The fourth-order valence-corrected chi connectivity index (χ4v) is 2.25. The van der Waals surface area contributed by atoms with Crippen molar-refractivity contribution in [2.45, 2.75) is 51.2 Å². The largest absolute Gasteiger partial charge is 0.480 e. The fourth-order valence-electron chi connectivity index (χ4n) is 1.18. The quantitative estimate of drug-likeness (QED) is 0.750. The third-order valence-corrected chi connectivity index (χ3v) is 3.66. The van der Waals surface area contributed by atoms with Crippen molar-refractivity contribution in [3.8, 4) is 0 Å². The molecule has 0 aliphatic rings. The van der Waals surface area contributed by atoms with E-state index in [-0.39, 0.29) is 23.1 Å². The van der Waals surface area contributed by atoms with Gasteiger partial charge in [0.05, 0.1) is 5.25 Å². The van der Waals surface area contributed by atoms with Crippen LogP contribution in [0.5, 0.6) is 0 Å². The second-order valence-electron chi connectivity index (χ2n) is 4.44. The van der Waals surface area contributed by atoms with Crippen molar-refractivity contribution >= 4 is 23.6 Å². The van der Waals surface area contributed by atoms with Gasteiger partial charge in [0.15, 0.2) is 0 Å². The van der Waals surface area contributed by atoms with Crippen LogP contribution in [0.15, 0.2) is 0 Å². The molecular weight excluding hydrogens is 226 g/mol. The zero-order chi connectivity index (χ0) is 12.9. The normalized spacial score (nSPS) is 14.9. The Bertz CT molecular complexity index is 254. The molecular formula is C11H21NO3S. The van der Waals surface area contributed by atoms with Gasteiger partial charge in [-0.3, -0.25) is 9.59 Å². The van der Waals surface area contributed by atoms with E-state index in [2.05, 4.69) is 5.32 Å². The Kier molecular flexibility index (Phi) is 6.48. The van der Waals surface area contributed by atoms with E-state index in [0.717, 1.165) is 0 Å². The summed E-state index contributed by atoms with van der Waals surface area (Å²) in [4.78, 5) is 22.6. The van der Waals surface area contributed by atoms with E-state index in [9.17, 15) is 9.59 Å². The van der Waals surface area contributed by atoms with Crippen molar-refractivity contribution in [3.63, 3.8) is 0 Å². The van der Waals surface area contributed by atoms with Crippen molar-refractivity contribution in [2.24, 2.45) is 5.92 Å². The average Bonchev–Trinajstić information content (AvgIpc) is 2.11. The summed E-state index contributed by atoms with van der Waals surface area (Å²) in [7, 11) is 0. The predicted molar refractivity (Wildman–Crippen MR) is 66.6 cm³/mol. The Morgan fingerprint density at radius 1 is 1.12 bits per heavy atom. The first-order valence-corrected chi connectivity index (χ1v) is 6.38. The van der Waals surface area contributed by atoms with Crippen molar-refractivity contribution in [1.82, 2.24) is 5.32 Å². The Labute approximate surface area is 101 Å². The average molecular weight is 247 g/mol. The molecule has 0 spiro atoms. The molecule has 0 radical (unpaired) electrons. The number of carbonyl (C=O) groups is 2. The monoisotopic (exact) mass is 247 g/mol. The van der Waals surface area contributed by atoms with E-state index in [0.29, 0.717) is 0 Å². The van der Waals surface area contributed by atoms with Crippen LogP contribution >= 0.6 is 11.8 Å². The van der Waals surface area contributed by atoms with Gasteiger partial charge in [-0.2, -0.15) is 0 Å². The second kappa shape index (κ2) is 6.78. The molecule has 2 unspecified atom stereocenters. The summed E-state index contributed by atoms with van der Waals surface area (Å²) in [6.07, 6.45) is 0. The highest BCUT2D eigenvalue weighted by atomic mass is 32.2. The van der Waals surface area contributed by atoms with Gasteiger partial charge in [-0.15, -0.1) is 11.8 Å². The molecule has 0 aliphatic carbocycles. The van der Waals surface area contributed by atoms with Crippen LogP contribution in [-0.2, 0) is 9.59 Å². The topological polar surface area (TPSA) is 66.4 Å². The van der Waals surface area contributed by atoms with Crippen LogP contribution in [0, 0.1) is 5.92 Å². The molecule has 0 saturated heterocycles. The minimum atomic E-state index is -0.857. The molecule has 4 nitrogen and oxygen atoms in total. The zero-order valence-corrected chi connectivity index (χ0v) is 11.3. The van der Waals surface area contributed by atoms with Crippen LogP contribution in [0.1, 0.15) is 34.6 Å². The lowest BCUT2D eigenvalue weighted by atomic mass is 10.1. The molecule has 16 heavy (non-hydrogen) atoms. The summed E-state index contributed by atoms with van der Waals surface area (Å²) in [6.45, 7) is 9.19. The lowest BCUT2D eigenvalue weighted by Crippen LogP contribution is -2.38. The molecule has 0 aromatic carbocycles. The SMILES string of the molecule is CC(C)NC(=O)C(C)SC(C(=O)O)C(C)C. The summed E-state index contributed by atoms with van der Waals surface area (Å²) in [5, 5.41) is 10.9. The summed E-state index contributed by atoms with van der Waals surface area (Å²) >= 11 is 1.20. The van der Waals surface area contributed by atoms with Crippen molar-refractivity contribution in [1.29, 1.82) is 0 Å². The van der Waals surface area contributed by atoms with Gasteiger partial charge in [0.25, 0.3) is 0 Å². The van der Waals surface area contributed by atoms with Crippen LogP contribution in [0.2, 0.25) is 0 Å². The maximum absolute atomic E-state index is 11.6. The molecule has 2 atom stereocenters. The minimum Gasteiger partial charge on any atom is -0.480 e. The second-order valence-corrected chi connectivity index (χ2v) is 5.93. The molecule has 0 aromatic rings. The number of hydrogen-bond donors (Lipinski definition) is 2. The van der Waals surface area contributed by atoms with Gasteiger partial charge >= 0.3 is 5.97 Å². The van der Waals surface area contributed by atoms with Crippen LogP contribution in [-0.4, -0.2) is 33.5 Å². The number of carbonyl (C=O) groups excluding carboxylic acids is 1. The standard InChI is InChI=1S/C11H21NO3S/c1-6(2)9(11(14)15)16-8(5)10(13)12-7(3)4/h6-9H,1-5H3,(H,12,13)(H,14,15). The maximum Gasteiger partial charge on any atom is 0.316 e. The summed E-state index contributed by atoms with van der Waals surface area (Å²) in [6, 6.07) is 0.0814. The van der Waals surface area contributed by atoms with E-state index < -0.39 is 11.2 Å². The van der Waals surface area contributed by atoms with E-state index in [1.54, 1.807) is 6.92 Å².